The Morgan fingerprint density at radius 3 is 2.64 bits per heavy atom. The van der Waals surface area contributed by atoms with Crippen molar-refractivity contribution >= 4 is 11.5 Å². The summed E-state index contributed by atoms with van der Waals surface area (Å²) in [5.74, 6) is 0. The molecular weight excluding hydrogens is 198 g/mol. The molecule has 0 aliphatic carbocycles. The van der Waals surface area contributed by atoms with Crippen LogP contribution in [0.15, 0.2) is 0 Å². The predicted octanol–water partition coefficient (Wildman–Crippen LogP) is 0.0734. The van der Waals surface area contributed by atoms with Gasteiger partial charge in [0.05, 0.1) is 5.54 Å². The Labute approximate surface area is 87.7 Å². The van der Waals surface area contributed by atoms with E-state index in [0.29, 0.717) is 0 Å². The third kappa shape index (κ3) is 1.77. The monoisotopic (exact) mass is 213 g/mol. The van der Waals surface area contributed by atoms with Crippen molar-refractivity contribution in [2.45, 2.75) is 19.4 Å². The molecule has 14 heavy (non-hydrogen) atoms. The van der Waals surface area contributed by atoms with Gasteiger partial charge in [-0.05, 0) is 19.1 Å². The largest absolute Gasteiger partial charge is 0.314 e. The molecule has 0 aromatic carbocycles. The molecule has 78 valence electrons. The SMILES string of the molecule is CC(C)(c1nnns1)N1CCNCC1. The minimum atomic E-state index is -0.0315. The van der Waals surface area contributed by atoms with Crippen molar-refractivity contribution < 1.29 is 0 Å². The molecule has 0 unspecified atom stereocenters. The number of rotatable bonds is 2. The maximum atomic E-state index is 4.06. The van der Waals surface area contributed by atoms with Gasteiger partial charge in [0.25, 0.3) is 0 Å². The summed E-state index contributed by atoms with van der Waals surface area (Å²) in [6.45, 7) is 8.59. The zero-order valence-corrected chi connectivity index (χ0v) is 9.34. The van der Waals surface area contributed by atoms with E-state index in [1.54, 1.807) is 0 Å². The minimum Gasteiger partial charge on any atom is -0.314 e. The van der Waals surface area contributed by atoms with E-state index in [0.717, 1.165) is 31.2 Å². The number of hydrogen-bond acceptors (Lipinski definition) is 6. The zero-order valence-electron chi connectivity index (χ0n) is 8.53. The third-order valence-electron chi connectivity index (χ3n) is 2.73. The molecule has 0 bridgehead atoms. The predicted molar refractivity (Wildman–Crippen MR) is 55.2 cm³/mol. The van der Waals surface area contributed by atoms with Gasteiger partial charge in [-0.3, -0.25) is 4.90 Å². The normalized spacial score (nSPS) is 19.9. The first-order valence-corrected chi connectivity index (χ1v) is 5.60. The fourth-order valence-electron chi connectivity index (χ4n) is 1.73. The van der Waals surface area contributed by atoms with Crippen molar-refractivity contribution in [3.63, 3.8) is 0 Å². The summed E-state index contributed by atoms with van der Waals surface area (Å²) >= 11 is 1.39. The Morgan fingerprint density at radius 2 is 2.07 bits per heavy atom. The van der Waals surface area contributed by atoms with E-state index in [-0.39, 0.29) is 5.54 Å². The van der Waals surface area contributed by atoms with Gasteiger partial charge in [-0.2, -0.15) is 0 Å². The molecule has 1 fully saturated rings. The highest BCUT2D eigenvalue weighted by Gasteiger charge is 2.32. The quantitative estimate of drug-likeness (QED) is 0.753. The lowest BCUT2D eigenvalue weighted by molar-refractivity contribution is 0.102. The lowest BCUT2D eigenvalue weighted by atomic mass is 10.0. The van der Waals surface area contributed by atoms with Crippen LogP contribution in [0.5, 0.6) is 0 Å². The van der Waals surface area contributed by atoms with Crippen molar-refractivity contribution in [3.05, 3.63) is 5.01 Å². The number of hydrogen-bond donors (Lipinski definition) is 1. The Morgan fingerprint density at radius 1 is 1.36 bits per heavy atom. The van der Waals surface area contributed by atoms with Crippen LogP contribution < -0.4 is 5.32 Å². The topological polar surface area (TPSA) is 53.9 Å². The summed E-state index contributed by atoms with van der Waals surface area (Å²) in [5, 5.41) is 12.1. The fraction of sp³-hybridized carbons (Fsp3) is 0.875. The number of piperazine rings is 1. The molecule has 0 spiro atoms. The van der Waals surface area contributed by atoms with Gasteiger partial charge in [0.1, 0.15) is 0 Å². The molecule has 6 heteroatoms. The number of aromatic nitrogens is 3. The van der Waals surface area contributed by atoms with Crippen molar-refractivity contribution in [2.75, 3.05) is 26.2 Å². The van der Waals surface area contributed by atoms with E-state index in [1.807, 2.05) is 0 Å². The first kappa shape index (κ1) is 9.95. The molecule has 0 saturated carbocycles. The Bertz CT molecular complexity index is 278. The molecule has 1 N–H and O–H groups in total. The molecule has 2 rings (SSSR count). The average molecular weight is 213 g/mol. The van der Waals surface area contributed by atoms with Crippen LogP contribution in [0.3, 0.4) is 0 Å². The van der Waals surface area contributed by atoms with E-state index in [4.69, 9.17) is 0 Å². The molecule has 0 radical (unpaired) electrons. The summed E-state index contributed by atoms with van der Waals surface area (Å²) in [5.41, 5.74) is -0.0315. The summed E-state index contributed by atoms with van der Waals surface area (Å²) < 4.78 is 3.82. The molecule has 1 aliphatic heterocycles. The van der Waals surface area contributed by atoms with Crippen LogP contribution in [0.4, 0.5) is 0 Å². The summed E-state index contributed by atoms with van der Waals surface area (Å²) in [4.78, 5) is 2.42. The molecule has 1 saturated heterocycles. The molecule has 1 aliphatic rings. The lowest BCUT2D eigenvalue weighted by Crippen LogP contribution is -2.51. The average Bonchev–Trinajstić information content (AvgIpc) is 2.72. The second kappa shape index (κ2) is 3.88. The van der Waals surface area contributed by atoms with E-state index in [9.17, 15) is 0 Å². The second-order valence-electron chi connectivity index (χ2n) is 3.96. The standard InChI is InChI=1S/C8H15N5S/c1-8(2,7-10-11-12-14-7)13-5-3-9-4-6-13/h9H,3-6H2,1-2H3. The summed E-state index contributed by atoms with van der Waals surface area (Å²) in [7, 11) is 0. The van der Waals surface area contributed by atoms with Crippen LogP contribution in [0.1, 0.15) is 18.9 Å². The van der Waals surface area contributed by atoms with Gasteiger partial charge < -0.3 is 5.32 Å². The number of nitrogens with one attached hydrogen (secondary N) is 1. The molecule has 2 heterocycles. The summed E-state index contributed by atoms with van der Waals surface area (Å²) in [6.07, 6.45) is 0. The zero-order chi connectivity index (χ0) is 10.0. The highest BCUT2D eigenvalue weighted by atomic mass is 32.1. The fourth-order valence-corrected chi connectivity index (χ4v) is 2.30. The molecule has 5 nitrogen and oxygen atoms in total. The van der Waals surface area contributed by atoms with Gasteiger partial charge >= 0.3 is 0 Å². The van der Waals surface area contributed by atoms with Crippen LogP contribution >= 0.6 is 11.5 Å². The van der Waals surface area contributed by atoms with Crippen LogP contribution in [0.2, 0.25) is 0 Å². The molecule has 0 amide bonds. The highest BCUT2D eigenvalue weighted by Crippen LogP contribution is 2.27. The smallest absolute Gasteiger partial charge is 0.157 e. The molecule has 1 aromatic rings. The third-order valence-corrected chi connectivity index (χ3v) is 3.64. The van der Waals surface area contributed by atoms with Gasteiger partial charge in [0.2, 0.25) is 0 Å². The first-order valence-electron chi connectivity index (χ1n) is 4.82. The van der Waals surface area contributed by atoms with Crippen molar-refractivity contribution in [3.8, 4) is 0 Å². The van der Waals surface area contributed by atoms with Gasteiger partial charge in [-0.25, -0.2) is 0 Å². The lowest BCUT2D eigenvalue weighted by Gasteiger charge is -2.39. The summed E-state index contributed by atoms with van der Waals surface area (Å²) in [6, 6.07) is 0. The maximum absolute atomic E-state index is 4.06. The molecular formula is C8H15N5S. The van der Waals surface area contributed by atoms with E-state index >= 15 is 0 Å². The maximum Gasteiger partial charge on any atom is 0.157 e. The van der Waals surface area contributed by atoms with Crippen molar-refractivity contribution in [1.29, 1.82) is 0 Å². The van der Waals surface area contributed by atoms with Gasteiger partial charge in [-0.15, -0.1) is 5.10 Å². The van der Waals surface area contributed by atoms with Crippen LogP contribution in [-0.4, -0.2) is 45.9 Å². The van der Waals surface area contributed by atoms with E-state index in [1.165, 1.54) is 11.5 Å². The minimum absolute atomic E-state index is 0.0315. The van der Waals surface area contributed by atoms with E-state index in [2.05, 4.69) is 38.9 Å². The first-order chi connectivity index (χ1) is 6.71. The second-order valence-corrected chi connectivity index (χ2v) is 4.70. The van der Waals surface area contributed by atoms with Crippen LogP contribution in [-0.2, 0) is 5.54 Å². The van der Waals surface area contributed by atoms with Crippen molar-refractivity contribution in [1.82, 2.24) is 25.0 Å². The van der Waals surface area contributed by atoms with Crippen LogP contribution in [0.25, 0.3) is 0 Å². The Kier molecular flexibility index (Phi) is 2.76. The molecule has 1 aromatic heterocycles. The van der Waals surface area contributed by atoms with Crippen LogP contribution in [0, 0.1) is 0 Å². The van der Waals surface area contributed by atoms with Gasteiger partial charge in [0, 0.05) is 37.7 Å². The van der Waals surface area contributed by atoms with Gasteiger partial charge in [-0.1, -0.05) is 4.49 Å². The number of nitrogens with zero attached hydrogens (tertiary/aromatic N) is 4. The van der Waals surface area contributed by atoms with Gasteiger partial charge in [0.15, 0.2) is 5.01 Å². The highest BCUT2D eigenvalue weighted by molar-refractivity contribution is 7.05. The van der Waals surface area contributed by atoms with E-state index < -0.39 is 0 Å². The molecule has 0 atom stereocenters. The van der Waals surface area contributed by atoms with Crippen molar-refractivity contribution in [2.24, 2.45) is 0 Å². The Balaban J connectivity index is 2.14. The Hall–Kier alpha value is -0.590.